The van der Waals surface area contributed by atoms with E-state index in [1.54, 1.807) is 12.1 Å². The number of nitrogens with two attached hydrogens (primary N) is 1. The summed E-state index contributed by atoms with van der Waals surface area (Å²) >= 11 is 0. The van der Waals surface area contributed by atoms with Crippen LogP contribution in [0.15, 0.2) is 58.4 Å². The number of nitrogens with zero attached hydrogens (tertiary/aromatic N) is 1. The molecule has 0 amide bonds. The van der Waals surface area contributed by atoms with E-state index in [0.717, 1.165) is 11.8 Å². The molecular weight excluding hydrogens is 510 g/mol. The van der Waals surface area contributed by atoms with Gasteiger partial charge in [-0.25, -0.2) is 13.4 Å². The second-order valence-corrected chi connectivity index (χ2v) is 7.68. The molecule has 2 rings (SSSR count). The molecule has 0 aliphatic rings. The van der Waals surface area contributed by atoms with Gasteiger partial charge >= 0.3 is 6.36 Å². The van der Waals surface area contributed by atoms with Gasteiger partial charge in [0.25, 0.3) is 0 Å². The second kappa shape index (κ2) is 9.96. The number of rotatable bonds is 6. The Morgan fingerprint density at radius 1 is 1.07 bits per heavy atom. The number of nitrogens with one attached hydrogen (secondary N) is 1. The van der Waals surface area contributed by atoms with Crippen LogP contribution in [0.25, 0.3) is 0 Å². The Hall–Kier alpha value is -2.02. The number of hydrogen-bond donors (Lipinski definition) is 2. The van der Waals surface area contributed by atoms with Crippen molar-refractivity contribution in [3.63, 3.8) is 0 Å². The van der Waals surface area contributed by atoms with Crippen molar-refractivity contribution < 1.29 is 26.3 Å². The molecule has 3 N–H and O–H groups in total. The molecule has 0 unspecified atom stereocenters. The molecule has 28 heavy (non-hydrogen) atoms. The van der Waals surface area contributed by atoms with Crippen molar-refractivity contribution in [1.29, 1.82) is 0 Å². The van der Waals surface area contributed by atoms with E-state index in [0.29, 0.717) is 12.1 Å². The largest absolute Gasteiger partial charge is 0.573 e. The third kappa shape index (κ3) is 8.33. The van der Waals surface area contributed by atoms with E-state index in [9.17, 15) is 21.6 Å². The first-order valence-corrected chi connectivity index (χ1v) is 9.59. The number of alkyl halides is 3. The van der Waals surface area contributed by atoms with Gasteiger partial charge in [-0.05, 0) is 35.4 Å². The van der Waals surface area contributed by atoms with E-state index < -0.39 is 16.2 Å². The summed E-state index contributed by atoms with van der Waals surface area (Å²) in [5.41, 5.74) is 7.22. The lowest BCUT2D eigenvalue weighted by molar-refractivity contribution is -0.274. The van der Waals surface area contributed by atoms with Crippen molar-refractivity contribution in [2.75, 3.05) is 6.26 Å². The minimum atomic E-state index is -4.73. The predicted octanol–water partition coefficient (Wildman–Crippen LogP) is 3.21. The fourth-order valence-corrected chi connectivity index (χ4v) is 2.71. The van der Waals surface area contributed by atoms with Crippen LogP contribution in [0.4, 0.5) is 13.2 Å². The minimum absolute atomic E-state index is 0. The molecule has 0 saturated heterocycles. The van der Waals surface area contributed by atoms with Gasteiger partial charge in [-0.2, -0.15) is 0 Å². The summed E-state index contributed by atoms with van der Waals surface area (Å²) in [5.74, 6) is -0.156. The molecule has 0 bridgehead atoms. The molecular formula is C17H19F3IN3O3S. The third-order valence-corrected chi connectivity index (χ3v) is 4.54. The quantitative estimate of drug-likeness (QED) is 0.341. The summed E-state index contributed by atoms with van der Waals surface area (Å²) in [6.45, 7) is 0.524. The molecule has 0 heterocycles. The summed E-state index contributed by atoms with van der Waals surface area (Å²) in [6, 6.07) is 11.7. The maximum atomic E-state index is 12.1. The normalized spacial score (nSPS) is 12.2. The van der Waals surface area contributed by atoms with Crippen LogP contribution in [0.5, 0.6) is 5.75 Å². The Balaban J connectivity index is 0.00000392. The van der Waals surface area contributed by atoms with E-state index in [1.807, 2.05) is 0 Å². The summed E-state index contributed by atoms with van der Waals surface area (Å²) in [7, 11) is -3.24. The van der Waals surface area contributed by atoms with Crippen LogP contribution in [0, 0.1) is 0 Å². The van der Waals surface area contributed by atoms with Crippen molar-refractivity contribution in [2.24, 2.45) is 10.7 Å². The predicted molar refractivity (Wildman–Crippen MR) is 110 cm³/mol. The van der Waals surface area contributed by atoms with E-state index in [2.05, 4.69) is 15.0 Å². The van der Waals surface area contributed by atoms with Crippen LogP contribution in [0.2, 0.25) is 0 Å². The van der Waals surface area contributed by atoms with Crippen LogP contribution >= 0.6 is 24.0 Å². The van der Waals surface area contributed by atoms with Gasteiger partial charge in [0.1, 0.15) is 5.75 Å². The monoisotopic (exact) mass is 529 g/mol. The highest BCUT2D eigenvalue weighted by atomic mass is 127. The summed E-state index contributed by atoms with van der Waals surface area (Å²) in [4.78, 5) is 4.32. The SMILES string of the molecule is CS(=O)(=O)c1ccc(CNC(N)=NCc2ccc(OC(F)(F)F)cc2)cc1.I. The lowest BCUT2D eigenvalue weighted by Crippen LogP contribution is -2.31. The second-order valence-electron chi connectivity index (χ2n) is 5.66. The Bertz CT molecular complexity index is 900. The zero-order chi connectivity index (χ0) is 20.1. The summed E-state index contributed by atoms with van der Waals surface area (Å²) in [5, 5.41) is 2.87. The highest BCUT2D eigenvalue weighted by molar-refractivity contribution is 14.0. The molecule has 11 heteroatoms. The standard InChI is InChI=1S/C17H18F3N3O3S.HI/c1-27(24,25)15-8-4-13(5-9-15)11-23-16(21)22-10-12-2-6-14(7-3-12)26-17(18,19)20;/h2-9H,10-11H2,1H3,(H3,21,22,23);1H. The van der Waals surface area contributed by atoms with Crippen molar-refractivity contribution in [1.82, 2.24) is 5.32 Å². The highest BCUT2D eigenvalue weighted by Gasteiger charge is 2.30. The molecule has 0 fully saturated rings. The van der Waals surface area contributed by atoms with E-state index in [4.69, 9.17) is 5.73 Å². The first-order chi connectivity index (χ1) is 12.5. The van der Waals surface area contributed by atoms with Crippen LogP contribution in [-0.2, 0) is 22.9 Å². The molecule has 0 aliphatic heterocycles. The van der Waals surface area contributed by atoms with Crippen LogP contribution in [0.1, 0.15) is 11.1 Å². The van der Waals surface area contributed by atoms with Crippen molar-refractivity contribution in [3.8, 4) is 5.75 Å². The topological polar surface area (TPSA) is 93.8 Å². The van der Waals surface area contributed by atoms with Crippen LogP contribution < -0.4 is 15.8 Å². The highest BCUT2D eigenvalue weighted by Crippen LogP contribution is 2.22. The van der Waals surface area contributed by atoms with Crippen LogP contribution in [-0.4, -0.2) is 27.0 Å². The van der Waals surface area contributed by atoms with E-state index >= 15 is 0 Å². The fourth-order valence-electron chi connectivity index (χ4n) is 2.08. The average molecular weight is 529 g/mol. The number of ether oxygens (including phenoxy) is 1. The van der Waals surface area contributed by atoms with Gasteiger partial charge in [0.05, 0.1) is 11.4 Å². The van der Waals surface area contributed by atoms with Gasteiger partial charge in [-0.1, -0.05) is 24.3 Å². The third-order valence-electron chi connectivity index (χ3n) is 3.41. The van der Waals surface area contributed by atoms with Gasteiger partial charge in [0.2, 0.25) is 0 Å². The maximum Gasteiger partial charge on any atom is 0.573 e. The number of sulfone groups is 1. The first kappa shape index (κ1) is 24.0. The van der Waals surface area contributed by atoms with Crippen molar-refractivity contribution in [3.05, 3.63) is 59.7 Å². The lowest BCUT2D eigenvalue weighted by Gasteiger charge is -2.09. The molecule has 2 aromatic carbocycles. The molecule has 0 saturated carbocycles. The number of aliphatic imine (C=N–C) groups is 1. The first-order valence-electron chi connectivity index (χ1n) is 7.70. The molecule has 2 aromatic rings. The van der Waals surface area contributed by atoms with Crippen molar-refractivity contribution >= 4 is 39.8 Å². The minimum Gasteiger partial charge on any atom is -0.406 e. The molecule has 0 aliphatic carbocycles. The Morgan fingerprint density at radius 3 is 2.11 bits per heavy atom. The zero-order valence-corrected chi connectivity index (χ0v) is 17.9. The van der Waals surface area contributed by atoms with E-state index in [-0.39, 0.29) is 47.1 Å². The van der Waals surface area contributed by atoms with Gasteiger partial charge in [-0.3, -0.25) is 0 Å². The average Bonchev–Trinajstić information content (AvgIpc) is 2.57. The van der Waals surface area contributed by atoms with E-state index in [1.165, 1.54) is 36.4 Å². The number of guanidine groups is 1. The van der Waals surface area contributed by atoms with Crippen LogP contribution in [0.3, 0.4) is 0 Å². The van der Waals surface area contributed by atoms with Gasteiger partial charge in [0.15, 0.2) is 15.8 Å². The molecule has 0 atom stereocenters. The molecule has 0 radical (unpaired) electrons. The van der Waals surface area contributed by atoms with Crippen molar-refractivity contribution in [2.45, 2.75) is 24.3 Å². The maximum absolute atomic E-state index is 12.1. The van der Waals surface area contributed by atoms with Gasteiger partial charge in [-0.15, -0.1) is 37.1 Å². The lowest BCUT2D eigenvalue weighted by atomic mass is 10.2. The molecule has 0 aromatic heterocycles. The van der Waals surface area contributed by atoms with Gasteiger partial charge < -0.3 is 15.8 Å². The Kier molecular flexibility index (Phi) is 8.54. The molecule has 154 valence electrons. The smallest absolute Gasteiger partial charge is 0.406 e. The number of hydrogen-bond acceptors (Lipinski definition) is 4. The number of benzene rings is 2. The zero-order valence-electron chi connectivity index (χ0n) is 14.7. The summed E-state index contributed by atoms with van der Waals surface area (Å²) < 4.78 is 62.9. The molecule has 6 nitrogen and oxygen atoms in total. The summed E-state index contributed by atoms with van der Waals surface area (Å²) in [6.07, 6.45) is -3.60. The molecule has 0 spiro atoms. The Labute approximate surface area is 177 Å². The fraction of sp³-hybridized carbons (Fsp3) is 0.235. The Morgan fingerprint density at radius 2 is 1.61 bits per heavy atom. The van der Waals surface area contributed by atoms with Gasteiger partial charge in [0, 0.05) is 12.8 Å². The number of halogens is 4.